The lowest BCUT2D eigenvalue weighted by atomic mass is 9.58. The lowest BCUT2D eigenvalue weighted by molar-refractivity contribution is -0.103. The topological polar surface area (TPSA) is 150 Å². The summed E-state index contributed by atoms with van der Waals surface area (Å²) < 4.78 is 40.8. The largest absolute Gasteiger partial charge is 0.493 e. The zero-order chi connectivity index (χ0) is 43.8. The predicted octanol–water partition coefficient (Wildman–Crippen LogP) is 6.60. The molecule has 8 bridgehead atoms. The third kappa shape index (κ3) is 5.66. The van der Waals surface area contributed by atoms with E-state index in [2.05, 4.69) is 79.7 Å². The van der Waals surface area contributed by atoms with Gasteiger partial charge in [-0.05, 0) is 67.9 Å². The van der Waals surface area contributed by atoms with Gasteiger partial charge in [0.1, 0.15) is 81.7 Å². The fraction of sp³-hybridized carbons (Fsp3) is 0.760. The summed E-state index contributed by atoms with van der Waals surface area (Å²) in [5, 5.41) is 52.2. The fourth-order valence-corrected chi connectivity index (χ4v) is 11.9. The van der Waals surface area contributed by atoms with Gasteiger partial charge in [-0.3, -0.25) is 0 Å². The van der Waals surface area contributed by atoms with E-state index in [9.17, 15) is 20.4 Å². The minimum absolute atomic E-state index is 0.262. The van der Waals surface area contributed by atoms with Crippen molar-refractivity contribution >= 4 is 0 Å². The van der Waals surface area contributed by atoms with Crippen LogP contribution in [0.1, 0.15) is 143 Å². The molecule has 0 radical (unpaired) electrons. The molecule has 2 saturated carbocycles. The normalized spacial score (nSPS) is 41.3. The monoisotopic (exact) mass is 833 g/mol. The van der Waals surface area contributed by atoms with Crippen LogP contribution in [-0.4, -0.2) is 104 Å². The van der Waals surface area contributed by atoms with Crippen molar-refractivity contribution in [1.82, 2.24) is 0 Å². The third-order valence-electron chi connectivity index (χ3n) is 15.7. The van der Waals surface area contributed by atoms with E-state index in [4.69, 9.17) is 28.4 Å². The Morgan fingerprint density at radius 3 is 0.950 bits per heavy atom. The van der Waals surface area contributed by atoms with Gasteiger partial charge in [0.2, 0.25) is 0 Å². The summed E-state index contributed by atoms with van der Waals surface area (Å²) in [6.45, 7) is 30.2. The highest BCUT2D eigenvalue weighted by Gasteiger charge is 2.91. The van der Waals surface area contributed by atoms with Crippen molar-refractivity contribution < 1.29 is 48.8 Å². The van der Waals surface area contributed by atoms with E-state index in [-0.39, 0.29) is 36.5 Å². The fourth-order valence-electron chi connectivity index (χ4n) is 11.9. The molecule has 4 N–H and O–H groups in total. The van der Waals surface area contributed by atoms with E-state index in [1.807, 2.05) is 41.5 Å². The molecule has 6 fully saturated rings. The van der Waals surface area contributed by atoms with Crippen molar-refractivity contribution in [3.63, 3.8) is 0 Å². The lowest BCUT2D eigenvalue weighted by Gasteiger charge is -2.45. The number of ether oxygens (including phenoxy) is 6. The molecule has 60 heavy (non-hydrogen) atoms. The average Bonchev–Trinajstić information content (AvgIpc) is 3.97. The van der Waals surface area contributed by atoms with Crippen molar-refractivity contribution in [1.29, 1.82) is 0 Å². The molecular weight excluding hydrogens is 761 g/mol. The van der Waals surface area contributed by atoms with E-state index in [0.29, 0.717) is 24.7 Å². The second-order valence-electron chi connectivity index (χ2n) is 23.9. The van der Waals surface area contributed by atoms with Crippen molar-refractivity contribution in [3.05, 3.63) is 57.6 Å². The van der Waals surface area contributed by atoms with Crippen LogP contribution in [0.3, 0.4) is 0 Å². The number of aliphatic hydroxyl groups is 4. The maximum atomic E-state index is 13.1. The molecule has 0 amide bonds. The Balaban J connectivity index is 1.33. The Morgan fingerprint density at radius 1 is 0.500 bits per heavy atom. The van der Waals surface area contributed by atoms with Crippen LogP contribution in [-0.2, 0) is 55.5 Å². The highest BCUT2D eigenvalue weighted by molar-refractivity contribution is 5.55. The number of rotatable bonds is 6. The first-order valence-corrected chi connectivity index (χ1v) is 22.7. The number of hydrogen-bond donors (Lipinski definition) is 4. The van der Waals surface area contributed by atoms with E-state index in [1.54, 1.807) is 0 Å². The minimum atomic E-state index is -1.43. The summed E-state index contributed by atoms with van der Waals surface area (Å²) in [6, 6.07) is 8.68. The maximum Gasteiger partial charge on any atom is 0.131 e. The molecule has 4 spiro atoms. The van der Waals surface area contributed by atoms with Crippen molar-refractivity contribution in [2.75, 3.05) is 13.2 Å². The molecular formula is C50H72O10. The molecule has 12 atom stereocenters. The number of epoxide rings is 4. The van der Waals surface area contributed by atoms with Crippen LogP contribution in [0.5, 0.6) is 11.5 Å². The zero-order valence-electron chi connectivity index (χ0n) is 38.7. The van der Waals surface area contributed by atoms with Crippen LogP contribution in [0.15, 0.2) is 24.3 Å². The number of benzene rings is 2. The highest BCUT2D eigenvalue weighted by Crippen LogP contribution is 2.72. The zero-order valence-corrected chi connectivity index (χ0v) is 38.7. The quantitative estimate of drug-likeness (QED) is 0.235. The number of aliphatic hydroxyl groups excluding tert-OH is 2. The molecule has 4 unspecified atom stereocenters. The lowest BCUT2D eigenvalue weighted by Crippen LogP contribution is -2.65. The van der Waals surface area contributed by atoms with Gasteiger partial charge >= 0.3 is 0 Å². The first-order valence-electron chi connectivity index (χ1n) is 22.7. The van der Waals surface area contributed by atoms with Gasteiger partial charge in [0.15, 0.2) is 0 Å². The molecule has 4 aliphatic heterocycles. The minimum Gasteiger partial charge on any atom is -0.493 e. The molecule has 4 heterocycles. The van der Waals surface area contributed by atoms with Crippen LogP contribution in [0, 0.1) is 10.8 Å². The van der Waals surface area contributed by atoms with Crippen molar-refractivity contribution in [3.8, 4) is 11.5 Å². The molecule has 2 aromatic carbocycles. The van der Waals surface area contributed by atoms with Gasteiger partial charge in [-0.15, -0.1) is 0 Å². The van der Waals surface area contributed by atoms with Crippen molar-refractivity contribution in [2.45, 2.75) is 217 Å². The molecule has 3 aliphatic carbocycles. The summed E-state index contributed by atoms with van der Waals surface area (Å²) in [5.41, 5.74) is -3.98. The van der Waals surface area contributed by atoms with Gasteiger partial charge in [0.05, 0.1) is 13.2 Å². The number of hydrogen-bond acceptors (Lipinski definition) is 10. The summed E-state index contributed by atoms with van der Waals surface area (Å²) in [7, 11) is 0. The SMILES string of the molecule is CCCOc1c2cc(C(C)(C)C)cc1C[C@@]13O[C@@H]1C(O)(C(C)(C)C)[C@@H]1O[C@]1(Cc1cc(C(C)(C)C)cc(c1OCCC)C[C@]14O[C@H]1C(O)(C(C)(C)C)[C@H]1O[C@@]1(C2)C4O)C3O. The molecule has 10 nitrogen and oxygen atoms in total. The smallest absolute Gasteiger partial charge is 0.131 e. The molecule has 0 aromatic heterocycles. The number of fused-ring (bicyclic) bond motifs is 4. The molecule has 332 valence electrons. The van der Waals surface area contributed by atoms with E-state index < -0.39 is 81.1 Å². The standard InChI is InChI=1S/C50H72O10/c1-15-17-55-33-27-19-31(41(3,4)5)20-28(33)24-46-36(52)48(40(60-48)50(54,38(46)58-46)44(12,13)14)26-30-22-32(42(6,7)8)21-29(34(30)56-18-16-2)25-47-35(51)45(23-27)37(57-45)49(53,39(47)59-47)43(9,10)11/h19-22,35-40,51-54H,15-18,23-26H2,1-14H3/t35?,36?,37-,38-,39+,40+,45-,46-,47+,48+,49?,50?. The average molecular weight is 833 g/mol. The van der Waals surface area contributed by atoms with E-state index >= 15 is 0 Å². The summed E-state index contributed by atoms with van der Waals surface area (Å²) in [5.74, 6) is 1.33. The van der Waals surface area contributed by atoms with Crippen LogP contribution in [0.25, 0.3) is 0 Å². The van der Waals surface area contributed by atoms with Gasteiger partial charge in [0, 0.05) is 25.7 Å². The second-order valence-corrected chi connectivity index (χ2v) is 23.9. The Morgan fingerprint density at radius 2 is 0.750 bits per heavy atom. The predicted molar refractivity (Wildman–Crippen MR) is 228 cm³/mol. The summed E-state index contributed by atoms with van der Waals surface area (Å²) in [6.07, 6.45) is -2.41. The third-order valence-corrected chi connectivity index (χ3v) is 15.7. The second kappa shape index (κ2) is 12.7. The van der Waals surface area contributed by atoms with Gasteiger partial charge in [-0.1, -0.05) is 121 Å². The van der Waals surface area contributed by atoms with E-state index in [1.165, 1.54) is 0 Å². The highest BCUT2D eigenvalue weighted by atomic mass is 16.7. The van der Waals surface area contributed by atoms with Crippen molar-refractivity contribution in [2.24, 2.45) is 10.8 Å². The van der Waals surface area contributed by atoms with Crippen LogP contribution in [0.2, 0.25) is 0 Å². The van der Waals surface area contributed by atoms with Gasteiger partial charge < -0.3 is 48.8 Å². The maximum absolute atomic E-state index is 13.1. The van der Waals surface area contributed by atoms with Crippen LogP contribution >= 0.6 is 0 Å². The van der Waals surface area contributed by atoms with E-state index in [0.717, 1.165) is 46.2 Å². The Kier molecular flexibility index (Phi) is 9.11. The first kappa shape index (κ1) is 43.0. The van der Waals surface area contributed by atoms with Gasteiger partial charge in [-0.2, -0.15) is 0 Å². The van der Waals surface area contributed by atoms with Crippen LogP contribution in [0.4, 0.5) is 0 Å². The Bertz CT molecular complexity index is 1840. The molecule has 10 heteroatoms. The van der Waals surface area contributed by atoms with Gasteiger partial charge in [-0.25, -0.2) is 0 Å². The molecule has 9 rings (SSSR count). The first-order chi connectivity index (χ1) is 27.6. The Labute approximate surface area is 357 Å². The summed E-state index contributed by atoms with van der Waals surface area (Å²) >= 11 is 0. The van der Waals surface area contributed by atoms with Crippen LogP contribution < -0.4 is 9.47 Å². The molecule has 2 aromatic rings. The summed E-state index contributed by atoms with van der Waals surface area (Å²) in [4.78, 5) is 0. The molecule has 7 aliphatic rings. The molecule has 4 saturated heterocycles. The van der Waals surface area contributed by atoms with Gasteiger partial charge in [0.25, 0.3) is 0 Å². The Hall–Kier alpha value is -2.28.